The zero-order valence-corrected chi connectivity index (χ0v) is 11.7. The third-order valence-electron chi connectivity index (χ3n) is 1.59. The normalized spacial score (nSPS) is 10.9. The van der Waals surface area contributed by atoms with Crippen LogP contribution in [-0.4, -0.2) is 0 Å². The molecule has 4 heteroatoms. The van der Waals surface area contributed by atoms with E-state index in [-0.39, 0.29) is 0 Å². The molecule has 0 amide bonds. The fourth-order valence-corrected chi connectivity index (χ4v) is 3.99. The highest BCUT2D eigenvalue weighted by atomic mass is 127. The van der Waals surface area contributed by atoms with Crippen LogP contribution in [0.5, 0.6) is 0 Å². The maximum Gasteiger partial charge on any atom is 0.0504 e. The Hall–Kier alpha value is 0.930. The average Bonchev–Trinajstić information content (AvgIpc) is 2.48. The molecular weight excluding hydrogens is 417 g/mol. The minimum absolute atomic E-state index is 0.857. The van der Waals surface area contributed by atoms with Crippen molar-refractivity contribution in [1.82, 2.24) is 0 Å². The molecule has 0 N–H and O–H groups in total. The molecule has 12 heavy (non-hydrogen) atoms. The Morgan fingerprint density at radius 1 is 1.33 bits per heavy atom. The first-order valence-corrected chi connectivity index (χ1v) is 6.62. The van der Waals surface area contributed by atoms with Crippen molar-refractivity contribution >= 4 is 78.2 Å². The zero-order valence-electron chi connectivity index (χ0n) is 5.77. The summed E-state index contributed by atoms with van der Waals surface area (Å²) in [4.78, 5) is 0. The van der Waals surface area contributed by atoms with Gasteiger partial charge in [-0.25, -0.2) is 0 Å². The molecule has 0 radical (unpaired) electrons. The fourth-order valence-electron chi connectivity index (χ4n) is 1.03. The largest absolute Gasteiger partial charge is 0.143 e. The summed E-state index contributed by atoms with van der Waals surface area (Å²) in [6, 6.07) is 4.08. The van der Waals surface area contributed by atoms with Gasteiger partial charge in [-0.15, -0.1) is 11.3 Å². The molecular formula is C8H3ClI2S. The predicted molar refractivity (Wildman–Crippen MR) is 72.3 cm³/mol. The van der Waals surface area contributed by atoms with Gasteiger partial charge in [0.15, 0.2) is 0 Å². The third-order valence-corrected chi connectivity index (χ3v) is 6.20. The van der Waals surface area contributed by atoms with Gasteiger partial charge < -0.3 is 0 Å². The Kier molecular flexibility index (Phi) is 2.84. The molecule has 1 aromatic carbocycles. The predicted octanol–water partition coefficient (Wildman–Crippen LogP) is 4.76. The molecule has 0 fully saturated rings. The lowest BCUT2D eigenvalue weighted by atomic mass is 10.3. The Morgan fingerprint density at radius 2 is 2.08 bits per heavy atom. The average molecular weight is 420 g/mol. The number of thiophene rings is 1. The summed E-state index contributed by atoms with van der Waals surface area (Å²) in [6.45, 7) is 0. The van der Waals surface area contributed by atoms with Gasteiger partial charge in [-0.05, 0) is 62.7 Å². The summed E-state index contributed by atoms with van der Waals surface area (Å²) >= 11 is 12.5. The second-order valence-corrected chi connectivity index (χ2v) is 5.88. The summed E-state index contributed by atoms with van der Waals surface area (Å²) in [5.41, 5.74) is 0. The molecule has 0 saturated carbocycles. The van der Waals surface area contributed by atoms with E-state index in [2.05, 4.69) is 56.6 Å². The minimum Gasteiger partial charge on any atom is -0.143 e. The lowest BCUT2D eigenvalue weighted by molar-refractivity contribution is 1.69. The molecule has 0 unspecified atom stereocenters. The van der Waals surface area contributed by atoms with Crippen molar-refractivity contribution in [2.24, 2.45) is 0 Å². The van der Waals surface area contributed by atoms with E-state index in [0.29, 0.717) is 0 Å². The van der Waals surface area contributed by atoms with Crippen molar-refractivity contribution < 1.29 is 0 Å². The van der Waals surface area contributed by atoms with Gasteiger partial charge in [0.25, 0.3) is 0 Å². The standard InChI is InChI=1S/C8H3ClI2S/c9-5-3-6(10)7(11)8-4(5)1-2-12-8/h1-3H. The van der Waals surface area contributed by atoms with E-state index in [1.54, 1.807) is 11.3 Å². The molecule has 62 valence electrons. The van der Waals surface area contributed by atoms with Gasteiger partial charge in [-0.2, -0.15) is 0 Å². The van der Waals surface area contributed by atoms with Crippen molar-refractivity contribution in [2.75, 3.05) is 0 Å². The lowest BCUT2D eigenvalue weighted by Gasteiger charge is -1.99. The van der Waals surface area contributed by atoms with Crippen molar-refractivity contribution in [1.29, 1.82) is 0 Å². The van der Waals surface area contributed by atoms with E-state index >= 15 is 0 Å². The molecule has 1 aromatic heterocycles. The van der Waals surface area contributed by atoms with Crippen LogP contribution < -0.4 is 0 Å². The summed E-state index contributed by atoms with van der Waals surface area (Å²) < 4.78 is 3.84. The van der Waals surface area contributed by atoms with E-state index in [1.165, 1.54) is 17.2 Å². The zero-order chi connectivity index (χ0) is 8.72. The molecule has 2 rings (SSSR count). The van der Waals surface area contributed by atoms with E-state index in [9.17, 15) is 0 Å². The first-order valence-electron chi connectivity index (χ1n) is 3.21. The Labute approximate surface area is 107 Å². The maximum absolute atomic E-state index is 6.07. The Morgan fingerprint density at radius 3 is 2.83 bits per heavy atom. The Balaban J connectivity index is 2.97. The van der Waals surface area contributed by atoms with E-state index in [4.69, 9.17) is 11.6 Å². The van der Waals surface area contributed by atoms with Crippen molar-refractivity contribution in [3.8, 4) is 0 Å². The molecule has 0 aliphatic rings. The van der Waals surface area contributed by atoms with Crippen LogP contribution in [0.1, 0.15) is 0 Å². The molecule has 2 aromatic rings. The molecule has 0 aliphatic carbocycles. The number of benzene rings is 1. The molecule has 0 nitrogen and oxygen atoms in total. The second-order valence-electron chi connectivity index (χ2n) is 2.32. The second kappa shape index (κ2) is 3.59. The quantitative estimate of drug-likeness (QED) is 0.426. The number of fused-ring (bicyclic) bond motifs is 1. The minimum atomic E-state index is 0.857. The van der Waals surface area contributed by atoms with Crippen LogP contribution in [-0.2, 0) is 0 Å². The summed E-state index contributed by atoms with van der Waals surface area (Å²) in [7, 11) is 0. The first-order chi connectivity index (χ1) is 5.70. The highest BCUT2D eigenvalue weighted by Crippen LogP contribution is 2.34. The van der Waals surface area contributed by atoms with Crippen LogP contribution in [0.15, 0.2) is 17.5 Å². The highest BCUT2D eigenvalue weighted by molar-refractivity contribution is 14.1. The van der Waals surface area contributed by atoms with Crippen LogP contribution in [0.3, 0.4) is 0 Å². The molecule has 0 bridgehead atoms. The first kappa shape index (κ1) is 9.48. The van der Waals surface area contributed by atoms with Crippen LogP contribution in [0.4, 0.5) is 0 Å². The van der Waals surface area contributed by atoms with Gasteiger partial charge in [0, 0.05) is 12.5 Å². The van der Waals surface area contributed by atoms with Gasteiger partial charge >= 0.3 is 0 Å². The van der Waals surface area contributed by atoms with E-state index < -0.39 is 0 Å². The number of hydrogen-bond acceptors (Lipinski definition) is 1. The smallest absolute Gasteiger partial charge is 0.0504 e. The van der Waals surface area contributed by atoms with Gasteiger partial charge in [0.1, 0.15) is 0 Å². The van der Waals surface area contributed by atoms with Crippen molar-refractivity contribution in [3.63, 3.8) is 0 Å². The van der Waals surface area contributed by atoms with Crippen LogP contribution in [0.25, 0.3) is 10.1 Å². The van der Waals surface area contributed by atoms with Gasteiger partial charge in [0.2, 0.25) is 0 Å². The SMILES string of the molecule is Clc1cc(I)c(I)c2sccc12. The third kappa shape index (κ3) is 1.49. The summed E-state index contributed by atoms with van der Waals surface area (Å²) in [5.74, 6) is 0. The lowest BCUT2D eigenvalue weighted by Crippen LogP contribution is -1.79. The molecule has 0 aliphatic heterocycles. The topological polar surface area (TPSA) is 0 Å². The number of rotatable bonds is 0. The molecule has 0 atom stereocenters. The number of halogens is 3. The molecule has 0 saturated heterocycles. The van der Waals surface area contributed by atoms with Crippen LogP contribution in [0.2, 0.25) is 5.02 Å². The monoisotopic (exact) mass is 420 g/mol. The van der Waals surface area contributed by atoms with Gasteiger partial charge in [-0.3, -0.25) is 0 Å². The Bertz CT molecular complexity index is 436. The number of hydrogen-bond donors (Lipinski definition) is 0. The van der Waals surface area contributed by atoms with E-state index in [1.807, 2.05) is 6.07 Å². The van der Waals surface area contributed by atoms with Gasteiger partial charge in [-0.1, -0.05) is 11.6 Å². The van der Waals surface area contributed by atoms with Crippen molar-refractivity contribution in [2.45, 2.75) is 0 Å². The molecule has 1 heterocycles. The van der Waals surface area contributed by atoms with E-state index in [0.717, 1.165) is 5.02 Å². The van der Waals surface area contributed by atoms with Crippen LogP contribution >= 0.6 is 68.1 Å². The summed E-state index contributed by atoms with van der Waals surface area (Å²) in [6.07, 6.45) is 0. The maximum atomic E-state index is 6.07. The fraction of sp³-hybridized carbons (Fsp3) is 0. The molecule has 0 spiro atoms. The summed E-state index contributed by atoms with van der Waals surface area (Å²) in [5, 5.41) is 4.11. The van der Waals surface area contributed by atoms with Crippen molar-refractivity contribution in [3.05, 3.63) is 29.7 Å². The highest BCUT2D eigenvalue weighted by Gasteiger charge is 2.07. The van der Waals surface area contributed by atoms with Crippen LogP contribution in [0, 0.1) is 7.14 Å². The van der Waals surface area contributed by atoms with Gasteiger partial charge in [0.05, 0.1) is 9.72 Å².